The molecule has 3 aromatic carbocycles. The molecule has 0 aliphatic carbocycles. The summed E-state index contributed by atoms with van der Waals surface area (Å²) in [6.45, 7) is 0. The van der Waals surface area contributed by atoms with Gasteiger partial charge in [0.15, 0.2) is 0 Å². The predicted molar refractivity (Wildman–Crippen MR) is 117 cm³/mol. The van der Waals surface area contributed by atoms with Gasteiger partial charge in [-0.25, -0.2) is 18.6 Å². The fourth-order valence-electron chi connectivity index (χ4n) is 2.56. The van der Waals surface area contributed by atoms with E-state index in [1.54, 1.807) is 42.5 Å². The van der Waals surface area contributed by atoms with Gasteiger partial charge in [0, 0.05) is 11.3 Å². The number of esters is 1. The number of hydrogen-bond acceptors (Lipinski definition) is 6. The third-order valence-electron chi connectivity index (χ3n) is 4.16. The highest BCUT2D eigenvalue weighted by molar-refractivity contribution is 7.92. The smallest absolute Gasteiger partial charge is 0.337 e. The molecule has 0 saturated carbocycles. The first-order chi connectivity index (χ1) is 14.9. The van der Waals surface area contributed by atoms with Crippen LogP contribution < -0.4 is 10.1 Å². The average Bonchev–Trinajstić information content (AvgIpc) is 2.80. The zero-order chi connectivity index (χ0) is 22.3. The summed E-state index contributed by atoms with van der Waals surface area (Å²) in [5.41, 5.74) is 4.11. The Morgan fingerprint density at radius 1 is 0.871 bits per heavy atom. The Bertz CT molecular complexity index is 1190. The van der Waals surface area contributed by atoms with E-state index in [4.69, 9.17) is 0 Å². The van der Waals surface area contributed by atoms with Crippen LogP contribution in [0.1, 0.15) is 26.3 Å². The maximum absolute atomic E-state index is 12.3. The maximum Gasteiger partial charge on any atom is 0.337 e. The summed E-state index contributed by atoms with van der Waals surface area (Å²) in [6.07, 6.45) is 1.43. The lowest BCUT2D eigenvalue weighted by Gasteiger charge is -2.08. The first-order valence-electron chi connectivity index (χ1n) is 9.09. The Morgan fingerprint density at radius 3 is 2.10 bits per heavy atom. The highest BCUT2D eigenvalue weighted by Crippen LogP contribution is 2.16. The van der Waals surface area contributed by atoms with Crippen molar-refractivity contribution in [2.75, 3.05) is 11.8 Å². The number of hydrazone groups is 1. The fourth-order valence-corrected chi connectivity index (χ4v) is 3.64. The molecule has 1 amide bonds. The fraction of sp³-hybridized carbons (Fsp3) is 0.0455. The normalized spacial score (nSPS) is 11.1. The van der Waals surface area contributed by atoms with Crippen molar-refractivity contribution in [1.29, 1.82) is 0 Å². The van der Waals surface area contributed by atoms with Crippen LogP contribution in [-0.4, -0.2) is 33.6 Å². The number of amides is 1. The highest BCUT2D eigenvalue weighted by Gasteiger charge is 2.13. The van der Waals surface area contributed by atoms with Crippen molar-refractivity contribution in [2.24, 2.45) is 5.10 Å². The van der Waals surface area contributed by atoms with Crippen LogP contribution in [-0.2, 0) is 14.8 Å². The minimum absolute atomic E-state index is 0.144. The minimum Gasteiger partial charge on any atom is -0.465 e. The van der Waals surface area contributed by atoms with Crippen LogP contribution in [0, 0.1) is 0 Å². The molecule has 0 aliphatic rings. The lowest BCUT2D eigenvalue weighted by Crippen LogP contribution is -2.18. The molecule has 0 heterocycles. The summed E-state index contributed by atoms with van der Waals surface area (Å²) < 4.78 is 31.8. The van der Waals surface area contributed by atoms with Crippen molar-refractivity contribution >= 4 is 33.8 Å². The lowest BCUT2D eigenvalue weighted by molar-refractivity contribution is 0.0600. The molecule has 2 N–H and O–H groups in total. The zero-order valence-electron chi connectivity index (χ0n) is 16.5. The van der Waals surface area contributed by atoms with Crippen molar-refractivity contribution in [1.82, 2.24) is 5.43 Å². The summed E-state index contributed by atoms with van der Waals surface area (Å²) in [5.74, 6) is -0.897. The van der Waals surface area contributed by atoms with Crippen LogP contribution in [0.2, 0.25) is 0 Å². The van der Waals surface area contributed by atoms with Gasteiger partial charge in [0.05, 0.1) is 23.8 Å². The first-order valence-corrected chi connectivity index (χ1v) is 10.6. The van der Waals surface area contributed by atoms with Gasteiger partial charge >= 0.3 is 5.97 Å². The predicted octanol–water partition coefficient (Wildman–Crippen LogP) is 3.04. The molecule has 0 saturated heterocycles. The molecule has 0 aliphatic heterocycles. The van der Waals surface area contributed by atoms with Crippen LogP contribution in [0.4, 0.5) is 5.69 Å². The van der Waals surface area contributed by atoms with Gasteiger partial charge in [0.25, 0.3) is 15.9 Å². The Balaban J connectivity index is 1.59. The number of anilines is 1. The van der Waals surface area contributed by atoms with Gasteiger partial charge in [-0.2, -0.15) is 5.10 Å². The second kappa shape index (κ2) is 9.68. The molecule has 0 bridgehead atoms. The maximum atomic E-state index is 12.3. The van der Waals surface area contributed by atoms with E-state index in [-0.39, 0.29) is 4.90 Å². The monoisotopic (exact) mass is 437 g/mol. The van der Waals surface area contributed by atoms with E-state index in [2.05, 4.69) is 20.0 Å². The molecule has 0 fully saturated rings. The van der Waals surface area contributed by atoms with Gasteiger partial charge in [-0.15, -0.1) is 0 Å². The molecule has 9 heteroatoms. The van der Waals surface area contributed by atoms with Crippen molar-refractivity contribution < 1.29 is 22.7 Å². The number of benzene rings is 3. The van der Waals surface area contributed by atoms with Gasteiger partial charge in [-0.1, -0.05) is 30.3 Å². The van der Waals surface area contributed by atoms with Gasteiger partial charge in [-0.3, -0.25) is 9.52 Å². The molecule has 0 spiro atoms. The third kappa shape index (κ3) is 5.77. The number of carbonyl (C=O) groups excluding carboxylic acids is 2. The Hall–Kier alpha value is -3.98. The molecule has 3 aromatic rings. The summed E-state index contributed by atoms with van der Waals surface area (Å²) in [7, 11) is -2.40. The number of carbonyl (C=O) groups is 2. The molecule has 0 atom stereocenters. The van der Waals surface area contributed by atoms with Gasteiger partial charge in [0.1, 0.15) is 0 Å². The topological polar surface area (TPSA) is 114 Å². The second-order valence-corrected chi connectivity index (χ2v) is 7.99. The van der Waals surface area contributed by atoms with Crippen molar-refractivity contribution in [3.63, 3.8) is 0 Å². The number of hydrogen-bond donors (Lipinski definition) is 2. The summed E-state index contributed by atoms with van der Waals surface area (Å²) in [4.78, 5) is 23.8. The average molecular weight is 437 g/mol. The van der Waals surface area contributed by atoms with Crippen LogP contribution >= 0.6 is 0 Å². The molecule has 3 rings (SSSR count). The standard InChI is InChI=1S/C22H19N3O5S/c1-30-22(27)18-9-7-16(8-10-18)15-23-24-21(26)17-11-13-19(14-12-17)25-31(28,29)20-5-3-2-4-6-20/h2-15,25H,1H3,(H,24,26)/b23-15+. The molecule has 0 unspecified atom stereocenters. The zero-order valence-corrected chi connectivity index (χ0v) is 17.3. The van der Waals surface area contributed by atoms with E-state index in [1.807, 2.05) is 0 Å². The number of rotatable bonds is 7. The van der Waals surface area contributed by atoms with Crippen LogP contribution in [0.5, 0.6) is 0 Å². The largest absolute Gasteiger partial charge is 0.465 e. The molecule has 8 nitrogen and oxygen atoms in total. The summed E-state index contributed by atoms with van der Waals surface area (Å²) >= 11 is 0. The van der Waals surface area contributed by atoms with E-state index in [1.165, 1.54) is 49.7 Å². The number of sulfonamides is 1. The van der Waals surface area contributed by atoms with Gasteiger partial charge in [0.2, 0.25) is 0 Å². The van der Waals surface area contributed by atoms with Crippen molar-refractivity contribution in [3.8, 4) is 0 Å². The molecular weight excluding hydrogens is 418 g/mol. The molecule has 0 aromatic heterocycles. The number of nitrogens with zero attached hydrogens (tertiary/aromatic N) is 1. The molecule has 31 heavy (non-hydrogen) atoms. The van der Waals surface area contributed by atoms with E-state index in [0.717, 1.165) is 0 Å². The van der Waals surface area contributed by atoms with Crippen molar-refractivity contribution in [2.45, 2.75) is 4.90 Å². The number of methoxy groups -OCH3 is 1. The highest BCUT2D eigenvalue weighted by atomic mass is 32.2. The summed E-state index contributed by atoms with van der Waals surface area (Å²) in [6, 6.07) is 20.4. The molecule has 158 valence electrons. The number of ether oxygens (including phenoxy) is 1. The summed E-state index contributed by atoms with van der Waals surface area (Å²) in [5, 5.41) is 3.88. The van der Waals surface area contributed by atoms with Crippen molar-refractivity contribution in [3.05, 3.63) is 95.6 Å². The van der Waals surface area contributed by atoms with E-state index in [9.17, 15) is 18.0 Å². The van der Waals surface area contributed by atoms with Gasteiger partial charge in [-0.05, 0) is 54.1 Å². The van der Waals surface area contributed by atoms with Crippen LogP contribution in [0.15, 0.2) is 88.9 Å². The Labute approximate surface area is 179 Å². The van der Waals surface area contributed by atoms with Crippen LogP contribution in [0.25, 0.3) is 0 Å². The lowest BCUT2D eigenvalue weighted by atomic mass is 10.1. The minimum atomic E-state index is -3.70. The van der Waals surface area contributed by atoms with Gasteiger partial charge < -0.3 is 4.74 Å². The van der Waals surface area contributed by atoms with E-state index >= 15 is 0 Å². The number of nitrogens with one attached hydrogen (secondary N) is 2. The van der Waals surface area contributed by atoms with E-state index in [0.29, 0.717) is 22.4 Å². The Kier molecular flexibility index (Phi) is 6.78. The SMILES string of the molecule is COC(=O)c1ccc(/C=N/NC(=O)c2ccc(NS(=O)(=O)c3ccccc3)cc2)cc1. The van der Waals surface area contributed by atoms with Crippen LogP contribution in [0.3, 0.4) is 0 Å². The Morgan fingerprint density at radius 2 is 1.48 bits per heavy atom. The molecule has 0 radical (unpaired) electrons. The second-order valence-electron chi connectivity index (χ2n) is 6.31. The first kappa shape index (κ1) is 21.7. The quantitative estimate of drug-likeness (QED) is 0.335. The molecular formula is C22H19N3O5S. The van der Waals surface area contributed by atoms with E-state index < -0.39 is 21.9 Å². The third-order valence-corrected chi connectivity index (χ3v) is 5.56.